The fraction of sp³-hybridized carbons (Fsp3) is 0.571. The number of carbonyl (C=O) groups excluding carboxylic acids is 1. The maximum absolute atomic E-state index is 12.0. The van der Waals surface area contributed by atoms with Crippen LogP contribution in [0, 0.1) is 5.92 Å². The molecule has 1 aromatic heterocycles. The van der Waals surface area contributed by atoms with Crippen molar-refractivity contribution in [3.8, 4) is 0 Å². The molecule has 0 bridgehead atoms. The molecule has 0 spiro atoms. The lowest BCUT2D eigenvalue weighted by atomic mass is 9.99. The Hall–Kier alpha value is -1.78. The van der Waals surface area contributed by atoms with E-state index in [0.717, 1.165) is 56.8 Å². The smallest absolute Gasteiger partial charge is 0.250 e. The van der Waals surface area contributed by atoms with Crippen LogP contribution < -0.4 is 5.32 Å². The summed E-state index contributed by atoms with van der Waals surface area (Å²) in [7, 11) is 0. The summed E-state index contributed by atoms with van der Waals surface area (Å²) < 4.78 is 7.38. The molecule has 1 amide bonds. The molecule has 5 nitrogen and oxygen atoms in total. The number of imidazole rings is 1. The topological polar surface area (TPSA) is 56.2 Å². The molecule has 5 heteroatoms. The molecule has 19 heavy (non-hydrogen) atoms. The Morgan fingerprint density at radius 2 is 2.47 bits per heavy atom. The van der Waals surface area contributed by atoms with Crippen LogP contribution in [0.1, 0.15) is 25.1 Å². The van der Waals surface area contributed by atoms with Crippen LogP contribution in [0.3, 0.4) is 0 Å². The third kappa shape index (κ3) is 2.80. The predicted molar refractivity (Wildman–Crippen MR) is 70.3 cm³/mol. The number of amides is 1. The molecule has 3 rings (SSSR count). The van der Waals surface area contributed by atoms with Crippen LogP contribution in [0.5, 0.6) is 0 Å². The molecule has 0 unspecified atom stereocenters. The average molecular weight is 261 g/mol. The van der Waals surface area contributed by atoms with Gasteiger partial charge in [0.2, 0.25) is 5.91 Å². The highest BCUT2D eigenvalue weighted by atomic mass is 16.5. The van der Waals surface area contributed by atoms with Gasteiger partial charge in [-0.2, -0.15) is 0 Å². The molecule has 1 N–H and O–H groups in total. The van der Waals surface area contributed by atoms with Crippen molar-refractivity contribution in [2.24, 2.45) is 5.92 Å². The largest absolute Gasteiger partial charge is 0.501 e. The normalized spacial score (nSPS) is 22.1. The standard InChI is InChI=1S/C14H19N3O2/c18-14(12-2-1-7-19-10-12)16-8-11-3-4-13-15-5-6-17(13)9-11/h5-6,10-11H,1-4,7-9H2,(H,16,18)/t11-/m1/s1. The van der Waals surface area contributed by atoms with E-state index in [4.69, 9.17) is 4.74 Å². The van der Waals surface area contributed by atoms with Gasteiger partial charge >= 0.3 is 0 Å². The number of fused-ring (bicyclic) bond motifs is 1. The summed E-state index contributed by atoms with van der Waals surface area (Å²) in [5, 5.41) is 3.02. The highest BCUT2D eigenvalue weighted by molar-refractivity contribution is 5.93. The second-order valence-electron chi connectivity index (χ2n) is 5.23. The first-order chi connectivity index (χ1) is 9.33. The minimum Gasteiger partial charge on any atom is -0.501 e. The number of rotatable bonds is 3. The van der Waals surface area contributed by atoms with Gasteiger partial charge < -0.3 is 14.6 Å². The third-order valence-corrected chi connectivity index (χ3v) is 3.81. The van der Waals surface area contributed by atoms with E-state index in [-0.39, 0.29) is 5.91 Å². The summed E-state index contributed by atoms with van der Waals surface area (Å²) in [6.07, 6.45) is 9.31. The molecule has 0 aromatic carbocycles. The molecule has 0 saturated heterocycles. The maximum Gasteiger partial charge on any atom is 0.250 e. The van der Waals surface area contributed by atoms with Gasteiger partial charge in [-0.1, -0.05) is 0 Å². The zero-order valence-electron chi connectivity index (χ0n) is 11.0. The molecule has 0 aliphatic carbocycles. The molecule has 0 saturated carbocycles. The van der Waals surface area contributed by atoms with Crippen molar-refractivity contribution in [1.29, 1.82) is 0 Å². The zero-order chi connectivity index (χ0) is 13.1. The van der Waals surface area contributed by atoms with Crippen molar-refractivity contribution < 1.29 is 9.53 Å². The second kappa shape index (κ2) is 5.47. The molecule has 1 atom stereocenters. The first-order valence-electron chi connectivity index (χ1n) is 6.92. The zero-order valence-corrected chi connectivity index (χ0v) is 11.0. The quantitative estimate of drug-likeness (QED) is 0.891. The first kappa shape index (κ1) is 12.3. The van der Waals surface area contributed by atoms with E-state index in [1.165, 1.54) is 0 Å². The number of aromatic nitrogens is 2. The predicted octanol–water partition coefficient (Wildman–Crippen LogP) is 1.26. The minimum absolute atomic E-state index is 0.0242. The third-order valence-electron chi connectivity index (χ3n) is 3.81. The Bertz CT molecular complexity index is 493. The summed E-state index contributed by atoms with van der Waals surface area (Å²) in [5.74, 6) is 1.68. The molecular formula is C14H19N3O2. The summed E-state index contributed by atoms with van der Waals surface area (Å²) in [5.41, 5.74) is 0.769. The number of aryl methyl sites for hydroxylation is 1. The number of hydrogen-bond acceptors (Lipinski definition) is 3. The van der Waals surface area contributed by atoms with Crippen molar-refractivity contribution in [3.05, 3.63) is 30.1 Å². The average Bonchev–Trinajstić information content (AvgIpc) is 2.93. The van der Waals surface area contributed by atoms with E-state index in [9.17, 15) is 4.79 Å². The van der Waals surface area contributed by atoms with Gasteiger partial charge in [0.15, 0.2) is 0 Å². The Morgan fingerprint density at radius 3 is 3.32 bits per heavy atom. The van der Waals surface area contributed by atoms with Gasteiger partial charge in [-0.3, -0.25) is 4.79 Å². The molecule has 2 aliphatic heterocycles. The Labute approximate surface area is 112 Å². The van der Waals surface area contributed by atoms with E-state index in [2.05, 4.69) is 14.9 Å². The summed E-state index contributed by atoms with van der Waals surface area (Å²) in [6.45, 7) is 2.40. The van der Waals surface area contributed by atoms with E-state index in [1.54, 1.807) is 6.26 Å². The van der Waals surface area contributed by atoms with Crippen molar-refractivity contribution in [3.63, 3.8) is 0 Å². The molecule has 0 radical (unpaired) electrons. The number of nitrogens with one attached hydrogen (secondary N) is 1. The fourth-order valence-corrected chi connectivity index (χ4v) is 2.69. The van der Waals surface area contributed by atoms with Crippen LogP contribution in [-0.4, -0.2) is 28.6 Å². The van der Waals surface area contributed by atoms with Crippen LogP contribution in [0.4, 0.5) is 0 Å². The molecular weight excluding hydrogens is 242 g/mol. The summed E-state index contributed by atoms with van der Waals surface area (Å²) in [6, 6.07) is 0. The Balaban J connectivity index is 1.50. The van der Waals surface area contributed by atoms with E-state index >= 15 is 0 Å². The van der Waals surface area contributed by atoms with E-state index < -0.39 is 0 Å². The van der Waals surface area contributed by atoms with E-state index in [0.29, 0.717) is 5.92 Å². The molecule has 1 aromatic rings. The van der Waals surface area contributed by atoms with Gasteiger partial charge in [0.05, 0.1) is 18.4 Å². The molecule has 2 aliphatic rings. The highest BCUT2D eigenvalue weighted by Gasteiger charge is 2.20. The maximum atomic E-state index is 12.0. The van der Waals surface area contributed by atoms with Crippen LogP contribution >= 0.6 is 0 Å². The minimum atomic E-state index is 0.0242. The molecule has 0 fully saturated rings. The van der Waals surface area contributed by atoms with Gasteiger partial charge in [0, 0.05) is 31.9 Å². The van der Waals surface area contributed by atoms with Crippen LogP contribution in [0.2, 0.25) is 0 Å². The lowest BCUT2D eigenvalue weighted by Gasteiger charge is -2.24. The van der Waals surface area contributed by atoms with Crippen LogP contribution in [-0.2, 0) is 22.5 Å². The molecule has 3 heterocycles. The van der Waals surface area contributed by atoms with E-state index in [1.807, 2.05) is 12.4 Å². The lowest BCUT2D eigenvalue weighted by molar-refractivity contribution is -0.118. The van der Waals surface area contributed by atoms with Crippen LogP contribution in [0.25, 0.3) is 0 Å². The number of hydrogen-bond donors (Lipinski definition) is 1. The van der Waals surface area contributed by atoms with Crippen molar-refractivity contribution in [2.45, 2.75) is 32.2 Å². The number of nitrogens with zero attached hydrogens (tertiary/aromatic N) is 2. The van der Waals surface area contributed by atoms with Crippen molar-refractivity contribution in [2.75, 3.05) is 13.2 Å². The van der Waals surface area contributed by atoms with Gasteiger partial charge in [0.1, 0.15) is 5.82 Å². The van der Waals surface area contributed by atoms with Crippen LogP contribution in [0.15, 0.2) is 24.2 Å². The first-order valence-corrected chi connectivity index (χ1v) is 6.92. The van der Waals surface area contributed by atoms with Crippen molar-refractivity contribution >= 4 is 5.91 Å². The lowest BCUT2D eigenvalue weighted by Crippen LogP contribution is -2.34. The number of ether oxygens (including phenoxy) is 1. The van der Waals surface area contributed by atoms with Crippen molar-refractivity contribution in [1.82, 2.24) is 14.9 Å². The SMILES string of the molecule is O=C(NC[C@H]1CCc2nccn2C1)C1=COCCC1. The molecule has 102 valence electrons. The summed E-state index contributed by atoms with van der Waals surface area (Å²) >= 11 is 0. The number of carbonyl (C=O) groups is 1. The second-order valence-corrected chi connectivity index (χ2v) is 5.23. The van der Waals surface area contributed by atoms with Gasteiger partial charge in [0.25, 0.3) is 0 Å². The van der Waals surface area contributed by atoms with Gasteiger partial charge in [-0.05, 0) is 25.2 Å². The van der Waals surface area contributed by atoms with Gasteiger partial charge in [-0.25, -0.2) is 4.98 Å². The summed E-state index contributed by atoms with van der Waals surface area (Å²) in [4.78, 5) is 16.3. The Morgan fingerprint density at radius 1 is 1.53 bits per heavy atom. The highest BCUT2D eigenvalue weighted by Crippen LogP contribution is 2.18. The monoisotopic (exact) mass is 261 g/mol. The Kier molecular flexibility index (Phi) is 3.53. The fourth-order valence-electron chi connectivity index (χ4n) is 2.69. The van der Waals surface area contributed by atoms with Gasteiger partial charge in [-0.15, -0.1) is 0 Å².